The minimum Gasteiger partial charge on any atom is -0.478 e. The molecule has 0 saturated heterocycles. The first-order valence-corrected chi connectivity index (χ1v) is 7.05. The van der Waals surface area contributed by atoms with Crippen molar-refractivity contribution in [2.24, 2.45) is 0 Å². The van der Waals surface area contributed by atoms with Crippen LogP contribution in [0.2, 0.25) is 0 Å². The third kappa shape index (κ3) is 31.4. The van der Waals surface area contributed by atoms with Crippen molar-refractivity contribution in [1.82, 2.24) is 0 Å². The van der Waals surface area contributed by atoms with Crippen LogP contribution in [0.4, 0.5) is 0 Å². The molecular weight excluding hydrogens is 296 g/mol. The first-order valence-electron chi connectivity index (χ1n) is 7.05. The molecule has 0 saturated carbocycles. The van der Waals surface area contributed by atoms with Crippen LogP contribution >= 0.6 is 0 Å². The van der Waals surface area contributed by atoms with Gasteiger partial charge in [0.1, 0.15) is 0 Å². The Morgan fingerprint density at radius 2 is 1.45 bits per heavy atom. The molecule has 0 fully saturated rings. The van der Waals surface area contributed by atoms with Crippen molar-refractivity contribution >= 4 is 5.97 Å². The number of hydrogen-bond acceptors (Lipinski definition) is 7. The predicted molar refractivity (Wildman–Crippen MR) is 81.1 cm³/mol. The van der Waals surface area contributed by atoms with Crippen molar-refractivity contribution in [2.75, 3.05) is 26.4 Å². The van der Waals surface area contributed by atoms with Crippen LogP contribution in [0.5, 0.6) is 0 Å². The maximum absolute atomic E-state index is 9.25. The normalized spacial score (nSPS) is 12.1. The van der Waals surface area contributed by atoms with E-state index in [4.69, 9.17) is 30.3 Å². The van der Waals surface area contributed by atoms with E-state index in [-0.39, 0.29) is 13.2 Å². The van der Waals surface area contributed by atoms with Crippen molar-refractivity contribution in [3.63, 3.8) is 0 Å². The molecular formula is C14H30O8. The molecule has 0 aromatic carbocycles. The Labute approximate surface area is 131 Å². The van der Waals surface area contributed by atoms with E-state index in [1.165, 1.54) is 0 Å². The summed E-state index contributed by atoms with van der Waals surface area (Å²) in [5.74, 6) is -0.981. The number of unbranched alkanes of at least 4 members (excludes halogenated alkanes) is 1. The van der Waals surface area contributed by atoms with E-state index >= 15 is 0 Å². The highest BCUT2D eigenvalue weighted by atomic mass is 16.6. The Kier molecular flexibility index (Phi) is 26.2. The van der Waals surface area contributed by atoms with E-state index in [0.29, 0.717) is 13.2 Å². The number of carboxylic acid groups (broad SMARTS) is 1. The van der Waals surface area contributed by atoms with E-state index in [1.54, 1.807) is 0 Å². The first-order chi connectivity index (χ1) is 10.4. The lowest BCUT2D eigenvalue weighted by Gasteiger charge is -2.06. The van der Waals surface area contributed by atoms with Crippen molar-refractivity contribution < 1.29 is 39.8 Å². The zero-order chi connectivity index (χ0) is 17.8. The van der Waals surface area contributed by atoms with E-state index in [2.05, 4.69) is 11.3 Å². The average molecular weight is 326 g/mol. The van der Waals surface area contributed by atoms with Crippen LogP contribution in [-0.2, 0) is 14.3 Å². The zero-order valence-electron chi connectivity index (χ0n) is 13.3. The number of rotatable bonds is 10. The molecule has 0 aliphatic heterocycles. The second kappa shape index (κ2) is 22.3. The van der Waals surface area contributed by atoms with Crippen LogP contribution in [-0.4, -0.2) is 70.5 Å². The molecule has 0 spiro atoms. The van der Waals surface area contributed by atoms with E-state index < -0.39 is 18.5 Å². The Balaban J connectivity index is -0.000000257. The molecule has 0 aromatic heterocycles. The lowest BCUT2D eigenvalue weighted by atomic mass is 10.4. The molecule has 2 unspecified atom stereocenters. The number of ether oxygens (including phenoxy) is 2. The van der Waals surface area contributed by atoms with Gasteiger partial charge in [-0.3, -0.25) is 0 Å². The summed E-state index contributed by atoms with van der Waals surface area (Å²) in [6.45, 7) is 7.32. The summed E-state index contributed by atoms with van der Waals surface area (Å²) in [5.41, 5.74) is 0. The summed E-state index contributed by atoms with van der Waals surface area (Å²) in [6, 6.07) is 0. The first kappa shape index (κ1) is 25.9. The number of aliphatic hydroxyl groups is 4. The van der Waals surface area contributed by atoms with E-state index in [1.807, 2.05) is 13.8 Å². The van der Waals surface area contributed by atoms with Crippen molar-refractivity contribution in [3.05, 3.63) is 12.7 Å². The van der Waals surface area contributed by atoms with Gasteiger partial charge in [0.25, 0.3) is 0 Å². The lowest BCUT2D eigenvalue weighted by Crippen LogP contribution is -2.16. The molecule has 0 heterocycles. The number of aliphatic carboxylic acids is 1. The monoisotopic (exact) mass is 326 g/mol. The van der Waals surface area contributed by atoms with Crippen molar-refractivity contribution in [1.29, 1.82) is 0 Å². The summed E-state index contributed by atoms with van der Waals surface area (Å²) in [6.07, 6.45) is 1.68. The maximum Gasteiger partial charge on any atom is 0.327 e. The maximum atomic E-state index is 9.25. The van der Waals surface area contributed by atoms with E-state index in [9.17, 15) is 4.79 Å². The molecule has 8 heteroatoms. The lowest BCUT2D eigenvalue weighted by molar-refractivity contribution is -0.131. The van der Waals surface area contributed by atoms with Gasteiger partial charge in [-0.25, -0.2) is 4.79 Å². The Hall–Kier alpha value is -1.03. The van der Waals surface area contributed by atoms with Crippen molar-refractivity contribution in [3.8, 4) is 0 Å². The molecule has 0 aliphatic rings. The highest BCUT2D eigenvalue weighted by Crippen LogP contribution is 1.90. The molecule has 134 valence electrons. The van der Waals surface area contributed by atoms with Gasteiger partial charge in [0.15, 0.2) is 12.6 Å². The fourth-order valence-corrected chi connectivity index (χ4v) is 0.723. The minimum atomic E-state index is -0.991. The average Bonchev–Trinajstić information content (AvgIpc) is 2.53. The van der Waals surface area contributed by atoms with Gasteiger partial charge in [-0.2, -0.15) is 0 Å². The third-order valence-electron chi connectivity index (χ3n) is 1.81. The van der Waals surface area contributed by atoms with Crippen LogP contribution in [0.15, 0.2) is 12.7 Å². The van der Waals surface area contributed by atoms with Gasteiger partial charge in [0.05, 0.1) is 13.2 Å². The Morgan fingerprint density at radius 3 is 1.73 bits per heavy atom. The highest BCUT2D eigenvalue weighted by Gasteiger charge is 1.98. The standard InChI is InChI=1S/C6H14O3.C5H12O3.C3H4O2/c1-2-3-4-9-6(8)5-7;1-2-3-8-5(7)4-6;1-2-3(4)5/h6-8H,2-5H2,1H3;5-7H,2-4H2,1H3;2H,1H2,(H,4,5). The number of aliphatic hydroxyl groups excluding tert-OH is 4. The molecule has 0 amide bonds. The Bertz CT molecular complexity index is 235. The SMILES string of the molecule is C=CC(=O)O.CCCCOC(O)CO.CCCOC(O)CO. The molecule has 8 nitrogen and oxygen atoms in total. The van der Waals surface area contributed by atoms with Crippen LogP contribution in [0, 0.1) is 0 Å². The second-order valence-electron chi connectivity index (χ2n) is 3.91. The van der Waals surface area contributed by atoms with Gasteiger partial charge in [0.2, 0.25) is 0 Å². The summed E-state index contributed by atoms with van der Waals surface area (Å²) in [4.78, 5) is 9.25. The topological polar surface area (TPSA) is 137 Å². The molecule has 22 heavy (non-hydrogen) atoms. The van der Waals surface area contributed by atoms with Crippen LogP contribution in [0.3, 0.4) is 0 Å². The van der Waals surface area contributed by atoms with Gasteiger partial charge in [0, 0.05) is 19.3 Å². The van der Waals surface area contributed by atoms with Crippen LogP contribution < -0.4 is 0 Å². The quantitative estimate of drug-likeness (QED) is 0.216. The number of carbonyl (C=O) groups is 1. The van der Waals surface area contributed by atoms with E-state index in [0.717, 1.165) is 25.3 Å². The Morgan fingerprint density at radius 1 is 1.05 bits per heavy atom. The van der Waals surface area contributed by atoms with Gasteiger partial charge in [-0.05, 0) is 12.8 Å². The van der Waals surface area contributed by atoms with Gasteiger partial charge in [-0.1, -0.05) is 26.8 Å². The molecule has 0 aliphatic carbocycles. The van der Waals surface area contributed by atoms with Gasteiger partial charge in [-0.15, -0.1) is 0 Å². The molecule has 5 N–H and O–H groups in total. The second-order valence-corrected chi connectivity index (χ2v) is 3.91. The minimum absolute atomic E-state index is 0.316. The fraction of sp³-hybridized carbons (Fsp3) is 0.786. The molecule has 0 radical (unpaired) electrons. The summed E-state index contributed by atoms with van der Waals surface area (Å²) >= 11 is 0. The third-order valence-corrected chi connectivity index (χ3v) is 1.81. The van der Waals surface area contributed by atoms with Gasteiger partial charge < -0.3 is 35.0 Å². The molecule has 0 rings (SSSR count). The number of carboxylic acids is 1. The zero-order valence-corrected chi connectivity index (χ0v) is 13.3. The highest BCUT2D eigenvalue weighted by molar-refractivity contribution is 5.78. The number of hydrogen-bond donors (Lipinski definition) is 5. The molecule has 0 aromatic rings. The largest absolute Gasteiger partial charge is 0.478 e. The summed E-state index contributed by atoms with van der Waals surface area (Å²) in [7, 11) is 0. The fourth-order valence-electron chi connectivity index (χ4n) is 0.723. The predicted octanol–water partition coefficient (Wildman–Crippen LogP) is 0.0945. The smallest absolute Gasteiger partial charge is 0.327 e. The van der Waals surface area contributed by atoms with Gasteiger partial charge >= 0.3 is 5.97 Å². The van der Waals surface area contributed by atoms with Crippen LogP contribution in [0.25, 0.3) is 0 Å². The summed E-state index contributed by atoms with van der Waals surface area (Å²) < 4.78 is 9.38. The summed E-state index contributed by atoms with van der Waals surface area (Å²) in [5, 5.41) is 41.2. The molecule has 0 bridgehead atoms. The van der Waals surface area contributed by atoms with Crippen molar-refractivity contribution in [2.45, 2.75) is 45.7 Å². The van der Waals surface area contributed by atoms with Crippen LogP contribution in [0.1, 0.15) is 33.1 Å². The molecule has 2 atom stereocenters.